The van der Waals surface area contributed by atoms with E-state index in [9.17, 15) is 19.2 Å². The van der Waals surface area contributed by atoms with Crippen LogP contribution in [-0.2, 0) is 14.4 Å². The van der Waals surface area contributed by atoms with Crippen molar-refractivity contribution >= 4 is 52.5 Å². The number of carbonyl (C=O) groups is 4. The van der Waals surface area contributed by atoms with E-state index in [0.29, 0.717) is 29.2 Å². The number of nitrogens with one attached hydrogen (secondary N) is 1. The Kier molecular flexibility index (Phi) is 13.4. The summed E-state index contributed by atoms with van der Waals surface area (Å²) in [6.45, 7) is 0. The second-order valence-electron chi connectivity index (χ2n) is 10.7. The van der Waals surface area contributed by atoms with Gasteiger partial charge in [-0.05, 0) is 73.1 Å². The molecule has 3 fully saturated rings. The first kappa shape index (κ1) is 31.2. The lowest BCUT2D eigenvalue weighted by molar-refractivity contribution is -0.137. The van der Waals surface area contributed by atoms with E-state index in [2.05, 4.69) is 5.32 Å². The van der Waals surface area contributed by atoms with E-state index in [-0.39, 0.29) is 10.9 Å². The molecule has 7 nitrogen and oxygen atoms in total. The highest BCUT2D eigenvalue weighted by atomic mass is 35.5. The minimum atomic E-state index is -0.647. The number of esters is 1. The minimum absolute atomic E-state index is 0.260. The zero-order valence-corrected chi connectivity index (χ0v) is 24.1. The molecule has 1 aliphatic heterocycles. The zero-order valence-electron chi connectivity index (χ0n) is 22.6. The number of amides is 2. The van der Waals surface area contributed by atoms with Gasteiger partial charge in [-0.3, -0.25) is 24.5 Å². The van der Waals surface area contributed by atoms with Crippen molar-refractivity contribution < 1.29 is 29.0 Å². The Morgan fingerprint density at radius 2 is 1.54 bits per heavy atom. The summed E-state index contributed by atoms with van der Waals surface area (Å²) in [5.41, 5.74) is 0.584. The van der Waals surface area contributed by atoms with Crippen LogP contribution in [0.3, 0.4) is 0 Å². The number of aliphatic carboxylic acids is 1. The molecule has 2 N–H and O–H groups in total. The van der Waals surface area contributed by atoms with Gasteiger partial charge in [-0.1, -0.05) is 75.8 Å². The Hall–Kier alpha value is -2.32. The molecule has 2 amide bonds. The van der Waals surface area contributed by atoms with Crippen LogP contribution in [0.4, 0.5) is 4.79 Å². The number of hydrogen-bond acceptors (Lipinski definition) is 6. The van der Waals surface area contributed by atoms with Crippen LogP contribution in [0.5, 0.6) is 5.75 Å². The van der Waals surface area contributed by atoms with E-state index in [1.165, 1.54) is 64.2 Å². The maximum atomic E-state index is 12.0. The molecule has 1 saturated heterocycles. The van der Waals surface area contributed by atoms with Crippen molar-refractivity contribution in [2.24, 2.45) is 11.8 Å². The number of thioether (sulfide) groups is 1. The van der Waals surface area contributed by atoms with Crippen LogP contribution >= 0.6 is 23.4 Å². The van der Waals surface area contributed by atoms with Crippen molar-refractivity contribution in [3.63, 3.8) is 0 Å². The maximum Gasteiger partial charge on any atom is 0.311 e. The Morgan fingerprint density at radius 3 is 2.05 bits per heavy atom. The average molecular weight is 578 g/mol. The van der Waals surface area contributed by atoms with Gasteiger partial charge >= 0.3 is 11.9 Å². The van der Waals surface area contributed by atoms with Gasteiger partial charge < -0.3 is 9.84 Å². The second kappa shape index (κ2) is 16.7. The third kappa shape index (κ3) is 11.8. The van der Waals surface area contributed by atoms with Gasteiger partial charge in [0.2, 0.25) is 0 Å². The number of hydrogen-bond donors (Lipinski definition) is 2. The fraction of sp³-hybridized carbons (Fsp3) is 0.600. The van der Waals surface area contributed by atoms with E-state index < -0.39 is 17.1 Å². The van der Waals surface area contributed by atoms with Gasteiger partial charge in [0.1, 0.15) is 5.75 Å². The van der Waals surface area contributed by atoms with Crippen LogP contribution in [-0.4, -0.2) is 28.2 Å². The lowest BCUT2D eigenvalue weighted by Gasteiger charge is -2.20. The standard InChI is InChI=1S/C20H22ClNO4S.C10H18O2/c21-16-12-15(10-9-14(16)11-17-19(24)22-20(25)27-17)26-18(23)8-4-7-13-5-2-1-3-6-13;11-10(12)8-4-7-9-5-2-1-3-6-9/h9-13H,1-8H2,(H,22,24,25);9H,1-8H2,(H,11,12)/b17-11-;. The van der Waals surface area contributed by atoms with Gasteiger partial charge in [0.15, 0.2) is 0 Å². The molecule has 39 heavy (non-hydrogen) atoms. The Balaban J connectivity index is 0.000000293. The van der Waals surface area contributed by atoms with Gasteiger partial charge in [-0.15, -0.1) is 0 Å². The Morgan fingerprint density at radius 1 is 0.949 bits per heavy atom. The number of imide groups is 1. The van der Waals surface area contributed by atoms with E-state index >= 15 is 0 Å². The van der Waals surface area contributed by atoms with Crippen molar-refractivity contribution in [1.29, 1.82) is 0 Å². The van der Waals surface area contributed by atoms with Gasteiger partial charge in [0.05, 0.1) is 9.93 Å². The van der Waals surface area contributed by atoms with Gasteiger partial charge in [-0.2, -0.15) is 0 Å². The third-order valence-corrected chi connectivity index (χ3v) is 8.72. The summed E-state index contributed by atoms with van der Waals surface area (Å²) in [6, 6.07) is 4.85. The Bertz CT molecular complexity index is 1030. The monoisotopic (exact) mass is 577 g/mol. The molecule has 4 rings (SSSR count). The predicted molar refractivity (Wildman–Crippen MR) is 155 cm³/mol. The normalized spacial score (nSPS) is 19.4. The molecule has 0 aromatic heterocycles. The SMILES string of the molecule is O=C(CCCC1CCCCC1)Oc1ccc(/C=C2\SC(=O)NC2=O)c(Cl)c1.O=C(O)CCCC1CCCCC1. The lowest BCUT2D eigenvalue weighted by atomic mass is 9.86. The summed E-state index contributed by atoms with van der Waals surface area (Å²) >= 11 is 7.05. The first-order chi connectivity index (χ1) is 18.8. The van der Waals surface area contributed by atoms with E-state index in [1.54, 1.807) is 24.3 Å². The molecule has 2 aliphatic carbocycles. The van der Waals surface area contributed by atoms with E-state index in [1.807, 2.05) is 0 Å². The number of halogens is 1. The van der Waals surface area contributed by atoms with E-state index in [4.69, 9.17) is 21.4 Å². The van der Waals surface area contributed by atoms with Crippen molar-refractivity contribution in [2.45, 2.75) is 103 Å². The molecule has 0 radical (unpaired) electrons. The van der Waals surface area contributed by atoms with Crippen molar-refractivity contribution in [3.8, 4) is 5.75 Å². The fourth-order valence-corrected chi connectivity index (χ4v) is 6.36. The van der Waals surface area contributed by atoms with Gasteiger partial charge in [-0.25, -0.2) is 0 Å². The highest BCUT2D eigenvalue weighted by molar-refractivity contribution is 8.18. The van der Waals surface area contributed by atoms with Crippen molar-refractivity contribution in [3.05, 3.63) is 33.7 Å². The summed E-state index contributed by atoms with van der Waals surface area (Å²) in [6.07, 6.45) is 19.5. The molecular formula is C30H40ClNO6S. The van der Waals surface area contributed by atoms with Crippen LogP contribution in [0.25, 0.3) is 6.08 Å². The minimum Gasteiger partial charge on any atom is -0.481 e. The molecule has 3 aliphatic rings. The molecule has 1 aromatic rings. The molecule has 2 saturated carbocycles. The average Bonchev–Trinajstić information content (AvgIpc) is 3.23. The zero-order chi connectivity index (χ0) is 28.0. The molecule has 0 atom stereocenters. The molecule has 1 heterocycles. The highest BCUT2D eigenvalue weighted by Crippen LogP contribution is 2.31. The number of benzene rings is 1. The maximum absolute atomic E-state index is 12.0. The lowest BCUT2D eigenvalue weighted by Crippen LogP contribution is -2.17. The number of carboxylic acids is 1. The van der Waals surface area contributed by atoms with Crippen LogP contribution < -0.4 is 10.1 Å². The number of carboxylic acid groups (broad SMARTS) is 1. The summed E-state index contributed by atoms with van der Waals surface area (Å²) in [5, 5.41) is 10.6. The van der Waals surface area contributed by atoms with Gasteiger partial charge in [0.25, 0.3) is 11.1 Å². The summed E-state index contributed by atoms with van der Waals surface area (Å²) in [4.78, 5) is 45.4. The summed E-state index contributed by atoms with van der Waals surface area (Å²) in [5.74, 6) is 0.623. The molecule has 9 heteroatoms. The summed E-state index contributed by atoms with van der Waals surface area (Å²) < 4.78 is 5.37. The number of rotatable bonds is 10. The first-order valence-corrected chi connectivity index (χ1v) is 15.5. The van der Waals surface area contributed by atoms with Gasteiger partial charge in [0, 0.05) is 18.9 Å². The molecule has 0 bridgehead atoms. The first-order valence-electron chi connectivity index (χ1n) is 14.3. The molecule has 1 aromatic carbocycles. The summed E-state index contributed by atoms with van der Waals surface area (Å²) in [7, 11) is 0. The van der Waals surface area contributed by atoms with Crippen LogP contribution in [0, 0.1) is 11.8 Å². The molecule has 0 unspecified atom stereocenters. The van der Waals surface area contributed by atoms with Crippen molar-refractivity contribution in [2.75, 3.05) is 0 Å². The largest absolute Gasteiger partial charge is 0.481 e. The predicted octanol–water partition coefficient (Wildman–Crippen LogP) is 8.14. The Labute approximate surface area is 240 Å². The molecular weight excluding hydrogens is 538 g/mol. The highest BCUT2D eigenvalue weighted by Gasteiger charge is 2.25. The van der Waals surface area contributed by atoms with Crippen molar-refractivity contribution in [1.82, 2.24) is 5.32 Å². The smallest absolute Gasteiger partial charge is 0.311 e. The van der Waals surface area contributed by atoms with Crippen LogP contribution in [0.15, 0.2) is 23.1 Å². The fourth-order valence-electron chi connectivity index (χ4n) is 5.46. The van der Waals surface area contributed by atoms with Crippen LogP contribution in [0.1, 0.15) is 108 Å². The quantitative estimate of drug-likeness (QED) is 0.164. The number of carbonyl (C=O) groups excluding carboxylic acids is 3. The van der Waals surface area contributed by atoms with Crippen LogP contribution in [0.2, 0.25) is 5.02 Å². The topological polar surface area (TPSA) is 110 Å². The molecule has 214 valence electrons. The number of ether oxygens (including phenoxy) is 1. The molecule has 0 spiro atoms. The second-order valence-corrected chi connectivity index (χ2v) is 12.1. The van der Waals surface area contributed by atoms with E-state index in [0.717, 1.165) is 49.3 Å². The third-order valence-electron chi connectivity index (χ3n) is 7.58.